The molecule has 2 aliphatic rings. The van der Waals surface area contributed by atoms with Gasteiger partial charge in [-0.3, -0.25) is 0 Å². The minimum atomic E-state index is -0.595. The van der Waals surface area contributed by atoms with E-state index in [4.69, 9.17) is 23.7 Å². The molecule has 0 bridgehead atoms. The fourth-order valence-corrected chi connectivity index (χ4v) is 3.65. The molecule has 0 radical (unpaired) electrons. The van der Waals surface area contributed by atoms with Crippen molar-refractivity contribution in [2.24, 2.45) is 0 Å². The van der Waals surface area contributed by atoms with Gasteiger partial charge in [-0.15, -0.1) is 0 Å². The Morgan fingerprint density at radius 3 is 2.29 bits per heavy atom. The van der Waals surface area contributed by atoms with Gasteiger partial charge in [-0.1, -0.05) is 42.5 Å². The van der Waals surface area contributed by atoms with Crippen LogP contribution in [0.4, 0.5) is 4.79 Å². The van der Waals surface area contributed by atoms with Crippen molar-refractivity contribution in [2.75, 3.05) is 19.8 Å². The van der Waals surface area contributed by atoms with Crippen LogP contribution in [0, 0.1) is 0 Å². The third-order valence-corrected chi connectivity index (χ3v) is 5.14. The van der Waals surface area contributed by atoms with Crippen LogP contribution >= 0.6 is 0 Å². The quantitative estimate of drug-likeness (QED) is 0.679. The highest BCUT2D eigenvalue weighted by Crippen LogP contribution is 2.32. The molecule has 2 aromatic carbocycles. The average Bonchev–Trinajstić information content (AvgIpc) is 3.37. The smallest absolute Gasteiger partial charge is 0.407 e. The lowest BCUT2D eigenvalue weighted by Crippen LogP contribution is -2.38. The number of nitrogens with one attached hydrogen (secondary N) is 1. The Bertz CT molecular complexity index is 904. The van der Waals surface area contributed by atoms with E-state index in [1.54, 1.807) is 31.2 Å². The number of hydrogen-bond donors (Lipinski definition) is 1. The van der Waals surface area contributed by atoms with Crippen molar-refractivity contribution >= 4 is 12.1 Å². The van der Waals surface area contributed by atoms with Gasteiger partial charge < -0.3 is 29.0 Å². The van der Waals surface area contributed by atoms with Crippen LogP contribution in [0.5, 0.6) is 5.75 Å². The number of carbonyl (C=O) groups is 2. The van der Waals surface area contributed by atoms with Gasteiger partial charge in [0.2, 0.25) is 0 Å². The molecule has 1 N–H and O–H groups in total. The predicted octanol–water partition coefficient (Wildman–Crippen LogP) is 2.70. The molecule has 2 saturated heterocycles. The molecule has 0 saturated carbocycles. The second kappa shape index (κ2) is 9.80. The number of alkyl carbamates (subject to hydrolysis) is 1. The molecule has 8 nitrogen and oxygen atoms in total. The predicted molar refractivity (Wildman–Crippen MR) is 110 cm³/mol. The van der Waals surface area contributed by atoms with Gasteiger partial charge in [0.05, 0.1) is 13.2 Å². The van der Waals surface area contributed by atoms with E-state index in [2.05, 4.69) is 5.32 Å². The fraction of sp³-hybridized carbons (Fsp3) is 0.391. The van der Waals surface area contributed by atoms with Gasteiger partial charge in [0.1, 0.15) is 30.1 Å². The zero-order chi connectivity index (χ0) is 21.6. The van der Waals surface area contributed by atoms with Crippen molar-refractivity contribution in [3.63, 3.8) is 0 Å². The molecule has 0 unspecified atom stereocenters. The molecule has 0 aromatic heterocycles. The molecule has 0 aliphatic carbocycles. The number of esters is 1. The van der Waals surface area contributed by atoms with Crippen LogP contribution in [0.15, 0.2) is 54.6 Å². The minimum absolute atomic E-state index is 0.170. The number of para-hydroxylation sites is 1. The maximum atomic E-state index is 12.9. The van der Waals surface area contributed by atoms with Crippen LogP contribution in [0.1, 0.15) is 22.8 Å². The Morgan fingerprint density at radius 2 is 1.58 bits per heavy atom. The van der Waals surface area contributed by atoms with Crippen LogP contribution in [-0.4, -0.2) is 56.2 Å². The van der Waals surface area contributed by atoms with Crippen LogP contribution in [-0.2, 0) is 25.6 Å². The lowest BCUT2D eigenvalue weighted by atomic mass is 10.1. The van der Waals surface area contributed by atoms with Gasteiger partial charge in [-0.25, -0.2) is 9.59 Å². The Morgan fingerprint density at radius 1 is 0.935 bits per heavy atom. The first kappa shape index (κ1) is 21.1. The summed E-state index contributed by atoms with van der Waals surface area (Å²) < 4.78 is 28.3. The second-order valence-electron chi connectivity index (χ2n) is 7.28. The summed E-state index contributed by atoms with van der Waals surface area (Å²) in [5.74, 6) is -0.0776. The monoisotopic (exact) mass is 427 g/mol. The van der Waals surface area contributed by atoms with Crippen LogP contribution in [0.3, 0.4) is 0 Å². The average molecular weight is 427 g/mol. The Balaban J connectivity index is 1.37. The van der Waals surface area contributed by atoms with Gasteiger partial charge in [-0.05, 0) is 24.6 Å². The van der Waals surface area contributed by atoms with E-state index in [-0.39, 0.29) is 13.2 Å². The molecule has 8 heteroatoms. The third-order valence-electron chi connectivity index (χ3n) is 5.14. The third kappa shape index (κ3) is 4.98. The van der Waals surface area contributed by atoms with Gasteiger partial charge in [-0.2, -0.15) is 0 Å². The van der Waals surface area contributed by atoms with Crippen LogP contribution in [0.2, 0.25) is 0 Å². The van der Waals surface area contributed by atoms with Crippen LogP contribution in [0.25, 0.3) is 0 Å². The van der Waals surface area contributed by atoms with Gasteiger partial charge in [0.15, 0.2) is 12.2 Å². The minimum Gasteiger partial charge on any atom is -0.488 e. The summed E-state index contributed by atoms with van der Waals surface area (Å²) in [6.07, 6.45) is -2.61. The summed E-state index contributed by atoms with van der Waals surface area (Å²) in [4.78, 5) is 24.5. The van der Waals surface area contributed by atoms with E-state index in [1.807, 2.05) is 30.3 Å². The molecule has 0 spiro atoms. The summed E-state index contributed by atoms with van der Waals surface area (Å²) in [7, 11) is 0. The standard InChI is InChI=1S/C23H25NO7/c1-2-24-23(26)31-19-14-29-20-18(13-28-21(19)20)30-22(25)16-10-6-7-11-17(16)27-12-15-8-4-3-5-9-15/h3-11,18-21H,2,12-14H2,1H3,(H,24,26)/t18-,19+,20-,21-/m1/s1. The first-order chi connectivity index (χ1) is 15.2. The van der Waals surface area contributed by atoms with E-state index >= 15 is 0 Å². The molecule has 4 atom stereocenters. The molecular weight excluding hydrogens is 402 g/mol. The zero-order valence-electron chi connectivity index (χ0n) is 17.2. The molecular formula is C23H25NO7. The van der Waals surface area contributed by atoms with Crippen molar-refractivity contribution < 1.29 is 33.3 Å². The number of ether oxygens (including phenoxy) is 5. The molecule has 2 aliphatic heterocycles. The summed E-state index contributed by atoms with van der Waals surface area (Å²) in [6.45, 7) is 2.97. The SMILES string of the molecule is CCNC(=O)O[C@H]1CO[C@H]2[C@@H]1OC[C@H]2OC(=O)c1ccccc1OCc1ccccc1. The van der Waals surface area contributed by atoms with E-state index < -0.39 is 36.5 Å². The summed E-state index contributed by atoms with van der Waals surface area (Å²) in [5, 5.41) is 2.58. The molecule has 2 aromatic rings. The zero-order valence-corrected chi connectivity index (χ0v) is 17.2. The topological polar surface area (TPSA) is 92.3 Å². The number of carbonyl (C=O) groups excluding carboxylic acids is 2. The van der Waals surface area contributed by atoms with E-state index in [0.717, 1.165) is 5.56 Å². The van der Waals surface area contributed by atoms with Crippen molar-refractivity contribution in [3.8, 4) is 5.75 Å². The summed E-state index contributed by atoms with van der Waals surface area (Å²) >= 11 is 0. The molecule has 1 amide bonds. The summed E-state index contributed by atoms with van der Waals surface area (Å²) in [6, 6.07) is 16.6. The largest absolute Gasteiger partial charge is 0.488 e. The highest BCUT2D eigenvalue weighted by molar-refractivity contribution is 5.92. The van der Waals surface area contributed by atoms with Crippen molar-refractivity contribution in [3.05, 3.63) is 65.7 Å². The molecule has 2 heterocycles. The molecule has 2 fully saturated rings. The lowest BCUT2D eigenvalue weighted by Gasteiger charge is -2.18. The number of hydrogen-bond acceptors (Lipinski definition) is 7. The maximum absolute atomic E-state index is 12.9. The maximum Gasteiger partial charge on any atom is 0.407 e. The van der Waals surface area contributed by atoms with E-state index in [0.29, 0.717) is 24.5 Å². The number of fused-ring (bicyclic) bond motifs is 1. The second-order valence-corrected chi connectivity index (χ2v) is 7.28. The molecule has 164 valence electrons. The van der Waals surface area contributed by atoms with Gasteiger partial charge in [0.25, 0.3) is 0 Å². The highest BCUT2D eigenvalue weighted by atomic mass is 16.7. The normalized spacial score (nSPS) is 24.3. The lowest BCUT2D eigenvalue weighted by molar-refractivity contribution is -0.0232. The van der Waals surface area contributed by atoms with Crippen molar-refractivity contribution in [2.45, 2.75) is 37.9 Å². The number of amides is 1. The van der Waals surface area contributed by atoms with E-state index in [1.165, 1.54) is 0 Å². The van der Waals surface area contributed by atoms with Crippen molar-refractivity contribution in [1.29, 1.82) is 0 Å². The molecule has 4 rings (SSSR count). The van der Waals surface area contributed by atoms with Gasteiger partial charge in [0, 0.05) is 6.54 Å². The Labute approximate surface area is 180 Å². The number of benzene rings is 2. The van der Waals surface area contributed by atoms with Crippen LogP contribution < -0.4 is 10.1 Å². The fourth-order valence-electron chi connectivity index (χ4n) is 3.65. The first-order valence-electron chi connectivity index (χ1n) is 10.3. The van der Waals surface area contributed by atoms with E-state index in [9.17, 15) is 9.59 Å². The highest BCUT2D eigenvalue weighted by Gasteiger charge is 2.51. The number of rotatable bonds is 7. The first-order valence-corrected chi connectivity index (χ1v) is 10.3. The Kier molecular flexibility index (Phi) is 6.69. The molecule has 31 heavy (non-hydrogen) atoms. The summed E-state index contributed by atoms with van der Waals surface area (Å²) in [5.41, 5.74) is 1.32. The Hall–Kier alpha value is -3.10. The van der Waals surface area contributed by atoms with Crippen molar-refractivity contribution in [1.82, 2.24) is 5.32 Å². The van der Waals surface area contributed by atoms with Gasteiger partial charge >= 0.3 is 12.1 Å².